The van der Waals surface area contributed by atoms with Gasteiger partial charge in [0.2, 0.25) is 5.88 Å². The lowest BCUT2D eigenvalue weighted by Crippen LogP contribution is -2.13. The predicted octanol–water partition coefficient (Wildman–Crippen LogP) is 2.63. The van der Waals surface area contributed by atoms with Gasteiger partial charge in [0, 0.05) is 12.3 Å². The minimum atomic E-state index is -0.659. The number of primary amides is 1. The molecule has 5 nitrogen and oxygen atoms in total. The maximum absolute atomic E-state index is 11.3. The number of aromatic nitrogens is 1. The van der Waals surface area contributed by atoms with Gasteiger partial charge in [-0.25, -0.2) is 4.98 Å². The number of methoxy groups -OCH3 is 1. The normalized spacial score (nSPS) is 10.0. The van der Waals surface area contributed by atoms with Crippen LogP contribution in [0.25, 0.3) is 0 Å². The quantitative estimate of drug-likeness (QED) is 0.933. The SMILES string of the molecule is COc1cccc(Oc2ncc(Cl)cc2C(N)=O)c1. The lowest BCUT2D eigenvalue weighted by atomic mass is 10.2. The molecule has 1 heterocycles. The highest BCUT2D eigenvalue weighted by Gasteiger charge is 2.13. The number of pyridine rings is 1. The number of halogens is 1. The Labute approximate surface area is 114 Å². The number of ether oxygens (including phenoxy) is 2. The van der Waals surface area contributed by atoms with Gasteiger partial charge in [0.15, 0.2) is 0 Å². The number of benzene rings is 1. The minimum Gasteiger partial charge on any atom is -0.497 e. The van der Waals surface area contributed by atoms with Crippen LogP contribution in [0.3, 0.4) is 0 Å². The second kappa shape index (κ2) is 5.58. The molecular formula is C13H11ClN2O3. The molecule has 0 aliphatic heterocycles. The fourth-order valence-corrected chi connectivity index (χ4v) is 1.62. The maximum Gasteiger partial charge on any atom is 0.254 e. The average Bonchev–Trinajstić information content (AvgIpc) is 2.41. The Kier molecular flexibility index (Phi) is 3.87. The van der Waals surface area contributed by atoms with Crippen molar-refractivity contribution in [2.75, 3.05) is 7.11 Å². The second-order valence-electron chi connectivity index (χ2n) is 3.65. The fourth-order valence-electron chi connectivity index (χ4n) is 1.46. The van der Waals surface area contributed by atoms with Gasteiger partial charge >= 0.3 is 0 Å². The summed E-state index contributed by atoms with van der Waals surface area (Å²) in [5, 5.41) is 0.312. The van der Waals surface area contributed by atoms with Crippen LogP contribution in [-0.2, 0) is 0 Å². The molecule has 0 aliphatic rings. The summed E-state index contributed by atoms with van der Waals surface area (Å²) < 4.78 is 10.6. The summed E-state index contributed by atoms with van der Waals surface area (Å²) >= 11 is 5.77. The summed E-state index contributed by atoms with van der Waals surface area (Å²) in [5.74, 6) is 0.557. The summed E-state index contributed by atoms with van der Waals surface area (Å²) in [5.41, 5.74) is 5.37. The number of nitrogens with two attached hydrogens (primary N) is 1. The van der Waals surface area contributed by atoms with Crippen LogP contribution >= 0.6 is 11.6 Å². The van der Waals surface area contributed by atoms with Crippen molar-refractivity contribution in [1.29, 1.82) is 0 Å². The van der Waals surface area contributed by atoms with E-state index in [4.69, 9.17) is 26.8 Å². The predicted molar refractivity (Wildman–Crippen MR) is 70.8 cm³/mol. The number of carbonyl (C=O) groups is 1. The Hall–Kier alpha value is -2.27. The highest BCUT2D eigenvalue weighted by molar-refractivity contribution is 6.30. The molecule has 19 heavy (non-hydrogen) atoms. The molecule has 2 aromatic rings. The van der Waals surface area contributed by atoms with Crippen LogP contribution in [-0.4, -0.2) is 18.0 Å². The van der Waals surface area contributed by atoms with Gasteiger partial charge in [-0.15, -0.1) is 0 Å². The van der Waals surface area contributed by atoms with Crippen molar-refractivity contribution in [2.45, 2.75) is 0 Å². The van der Waals surface area contributed by atoms with E-state index in [1.54, 1.807) is 31.4 Å². The van der Waals surface area contributed by atoms with E-state index in [-0.39, 0.29) is 11.4 Å². The molecule has 2 N–H and O–H groups in total. The highest BCUT2D eigenvalue weighted by atomic mass is 35.5. The summed E-state index contributed by atoms with van der Waals surface area (Å²) in [7, 11) is 1.55. The molecule has 0 radical (unpaired) electrons. The van der Waals surface area contributed by atoms with Crippen LogP contribution in [0.5, 0.6) is 17.4 Å². The molecule has 1 aromatic carbocycles. The van der Waals surface area contributed by atoms with Crippen molar-refractivity contribution in [3.05, 3.63) is 47.1 Å². The van der Waals surface area contributed by atoms with Crippen LogP contribution in [0.15, 0.2) is 36.5 Å². The topological polar surface area (TPSA) is 74.4 Å². The largest absolute Gasteiger partial charge is 0.497 e. The second-order valence-corrected chi connectivity index (χ2v) is 4.09. The number of nitrogens with zero attached hydrogens (tertiary/aromatic N) is 1. The van der Waals surface area contributed by atoms with E-state index >= 15 is 0 Å². The standard InChI is InChI=1S/C13H11ClN2O3/c1-18-9-3-2-4-10(6-9)19-13-11(12(15)17)5-8(14)7-16-13/h2-7H,1H3,(H2,15,17). The van der Waals surface area contributed by atoms with Crippen molar-refractivity contribution in [3.8, 4) is 17.4 Å². The van der Waals surface area contributed by atoms with Crippen molar-refractivity contribution in [3.63, 3.8) is 0 Å². The Morgan fingerprint density at radius 3 is 2.74 bits per heavy atom. The summed E-state index contributed by atoms with van der Waals surface area (Å²) in [6.45, 7) is 0. The first-order chi connectivity index (χ1) is 9.10. The van der Waals surface area contributed by atoms with Crippen molar-refractivity contribution < 1.29 is 14.3 Å². The lowest BCUT2D eigenvalue weighted by Gasteiger charge is -2.09. The van der Waals surface area contributed by atoms with E-state index < -0.39 is 5.91 Å². The van der Waals surface area contributed by atoms with Gasteiger partial charge in [0.1, 0.15) is 17.1 Å². The molecular weight excluding hydrogens is 268 g/mol. The van der Waals surface area contributed by atoms with E-state index in [9.17, 15) is 4.79 Å². The zero-order chi connectivity index (χ0) is 13.8. The van der Waals surface area contributed by atoms with E-state index in [2.05, 4.69) is 4.98 Å². The summed E-state index contributed by atoms with van der Waals surface area (Å²) in [6.07, 6.45) is 1.38. The third-order valence-corrected chi connectivity index (χ3v) is 2.55. The monoisotopic (exact) mass is 278 g/mol. The molecule has 98 valence electrons. The number of amides is 1. The van der Waals surface area contributed by atoms with Crippen LogP contribution in [0.1, 0.15) is 10.4 Å². The molecule has 1 aromatic heterocycles. The Bertz CT molecular complexity index is 617. The third kappa shape index (κ3) is 3.14. The van der Waals surface area contributed by atoms with E-state index in [1.807, 2.05) is 0 Å². The van der Waals surface area contributed by atoms with Gasteiger partial charge in [-0.3, -0.25) is 4.79 Å². The van der Waals surface area contributed by atoms with Gasteiger partial charge in [0.25, 0.3) is 5.91 Å². The zero-order valence-electron chi connectivity index (χ0n) is 10.1. The van der Waals surface area contributed by atoms with Crippen LogP contribution in [0.4, 0.5) is 0 Å². The van der Waals surface area contributed by atoms with Gasteiger partial charge in [0.05, 0.1) is 12.1 Å². The van der Waals surface area contributed by atoms with Crippen molar-refractivity contribution in [1.82, 2.24) is 4.98 Å². The van der Waals surface area contributed by atoms with E-state index in [1.165, 1.54) is 12.3 Å². The molecule has 0 aliphatic carbocycles. The molecule has 0 fully saturated rings. The molecule has 0 saturated heterocycles. The first kappa shape index (κ1) is 13.2. The third-order valence-electron chi connectivity index (χ3n) is 2.34. The molecule has 0 spiro atoms. The van der Waals surface area contributed by atoms with E-state index in [0.717, 1.165) is 0 Å². The molecule has 0 saturated carbocycles. The first-order valence-corrected chi connectivity index (χ1v) is 5.75. The molecule has 2 rings (SSSR count). The van der Waals surface area contributed by atoms with Crippen LogP contribution in [0.2, 0.25) is 5.02 Å². The molecule has 0 unspecified atom stereocenters. The number of carbonyl (C=O) groups excluding carboxylic acids is 1. The van der Waals surface area contributed by atoms with E-state index in [0.29, 0.717) is 16.5 Å². The highest BCUT2D eigenvalue weighted by Crippen LogP contribution is 2.27. The van der Waals surface area contributed by atoms with Crippen LogP contribution < -0.4 is 15.2 Å². The van der Waals surface area contributed by atoms with Crippen molar-refractivity contribution >= 4 is 17.5 Å². The average molecular weight is 279 g/mol. The molecule has 0 bridgehead atoms. The Morgan fingerprint density at radius 1 is 1.32 bits per heavy atom. The van der Waals surface area contributed by atoms with Gasteiger partial charge in [-0.1, -0.05) is 17.7 Å². The number of rotatable bonds is 4. The molecule has 6 heteroatoms. The molecule has 0 atom stereocenters. The zero-order valence-corrected chi connectivity index (χ0v) is 10.8. The number of hydrogen-bond donors (Lipinski definition) is 1. The molecule has 1 amide bonds. The number of hydrogen-bond acceptors (Lipinski definition) is 4. The van der Waals surface area contributed by atoms with Gasteiger partial charge < -0.3 is 15.2 Å². The first-order valence-electron chi connectivity index (χ1n) is 5.37. The fraction of sp³-hybridized carbons (Fsp3) is 0.0769. The van der Waals surface area contributed by atoms with Crippen LogP contribution in [0, 0.1) is 0 Å². The van der Waals surface area contributed by atoms with Gasteiger partial charge in [-0.2, -0.15) is 0 Å². The lowest BCUT2D eigenvalue weighted by molar-refractivity contribution is 0.0997. The Balaban J connectivity index is 2.34. The minimum absolute atomic E-state index is 0.102. The van der Waals surface area contributed by atoms with Crippen molar-refractivity contribution in [2.24, 2.45) is 5.73 Å². The summed E-state index contributed by atoms with van der Waals surface area (Å²) in [4.78, 5) is 15.3. The summed E-state index contributed by atoms with van der Waals surface area (Å²) in [6, 6.07) is 8.32. The Morgan fingerprint density at radius 2 is 2.05 bits per heavy atom. The van der Waals surface area contributed by atoms with Gasteiger partial charge in [-0.05, 0) is 18.2 Å². The maximum atomic E-state index is 11.3. The smallest absolute Gasteiger partial charge is 0.254 e.